The summed E-state index contributed by atoms with van der Waals surface area (Å²) in [6.45, 7) is 1.53. The molecule has 2 aromatic heterocycles. The molecule has 0 atom stereocenters. The minimum absolute atomic E-state index is 0.0136. The Labute approximate surface area is 115 Å². The van der Waals surface area contributed by atoms with Crippen LogP contribution in [-0.4, -0.2) is 19.6 Å². The number of aromatic nitrogens is 4. The molecule has 0 radical (unpaired) electrons. The Morgan fingerprint density at radius 2 is 1.75 bits per heavy atom. The number of halogens is 4. The van der Waals surface area contributed by atoms with Crippen molar-refractivity contribution in [1.82, 2.24) is 19.6 Å². The molecule has 0 amide bonds. The van der Waals surface area contributed by atoms with Crippen LogP contribution in [0.2, 0.25) is 5.15 Å². The summed E-state index contributed by atoms with van der Waals surface area (Å²) in [5, 5.41) is 3.77. The number of rotatable bonds is 1. The summed E-state index contributed by atoms with van der Waals surface area (Å²) in [6.07, 6.45) is 1.22. The van der Waals surface area contributed by atoms with Crippen molar-refractivity contribution < 1.29 is 13.2 Å². The molecule has 8 heteroatoms. The van der Waals surface area contributed by atoms with Gasteiger partial charge in [0.05, 0.1) is 11.3 Å². The molecule has 102 valence electrons. The number of fused-ring (bicyclic) bond motifs is 1. The van der Waals surface area contributed by atoms with Crippen molar-refractivity contribution >= 4 is 17.4 Å². The van der Waals surface area contributed by atoms with E-state index >= 15 is 0 Å². The molecule has 0 aliphatic carbocycles. The molecule has 0 fully saturated rings. The van der Waals surface area contributed by atoms with Gasteiger partial charge in [-0.05, 0) is 6.92 Å². The van der Waals surface area contributed by atoms with E-state index in [4.69, 9.17) is 11.6 Å². The average molecular weight is 299 g/mol. The highest BCUT2D eigenvalue weighted by atomic mass is 35.5. The van der Waals surface area contributed by atoms with Gasteiger partial charge in [-0.15, -0.1) is 0 Å². The normalized spacial score (nSPS) is 11.2. The summed E-state index contributed by atoms with van der Waals surface area (Å²) in [4.78, 5) is 7.90. The van der Waals surface area contributed by atoms with E-state index in [1.807, 2.05) is 0 Å². The predicted octanol–water partition coefficient (Wildman–Crippen LogP) is 3.17. The van der Waals surface area contributed by atoms with Gasteiger partial charge in [0.2, 0.25) is 0 Å². The van der Waals surface area contributed by atoms with Crippen LogP contribution in [0.1, 0.15) is 5.69 Å². The maximum Gasteiger partial charge on any atom is 0.253 e. The lowest BCUT2D eigenvalue weighted by atomic mass is 10.0. The molecule has 2 heterocycles. The molecule has 1 aromatic carbocycles. The highest BCUT2D eigenvalue weighted by Gasteiger charge is 2.21. The van der Waals surface area contributed by atoms with Gasteiger partial charge in [-0.3, -0.25) is 0 Å². The highest BCUT2D eigenvalue weighted by Crippen LogP contribution is 2.34. The molecule has 0 bridgehead atoms. The van der Waals surface area contributed by atoms with Gasteiger partial charge < -0.3 is 0 Å². The molecule has 3 aromatic rings. The van der Waals surface area contributed by atoms with Crippen molar-refractivity contribution in [2.24, 2.45) is 0 Å². The fourth-order valence-corrected chi connectivity index (χ4v) is 2.33. The Bertz CT molecular complexity index is 808. The second-order valence-corrected chi connectivity index (χ2v) is 4.44. The highest BCUT2D eigenvalue weighted by molar-refractivity contribution is 6.32. The largest absolute Gasteiger partial charge is 0.253 e. The van der Waals surface area contributed by atoms with Crippen molar-refractivity contribution in [3.63, 3.8) is 0 Å². The fourth-order valence-electron chi connectivity index (χ4n) is 1.98. The van der Waals surface area contributed by atoms with Crippen LogP contribution in [0, 0.1) is 24.4 Å². The van der Waals surface area contributed by atoms with Crippen LogP contribution in [0.15, 0.2) is 18.5 Å². The lowest BCUT2D eigenvalue weighted by Crippen LogP contribution is -2.03. The Morgan fingerprint density at radius 3 is 2.40 bits per heavy atom. The Morgan fingerprint density at radius 1 is 1.10 bits per heavy atom. The fraction of sp³-hybridized carbons (Fsp3) is 0.0833. The van der Waals surface area contributed by atoms with Gasteiger partial charge in [0, 0.05) is 17.7 Å². The number of nitrogens with zero attached hydrogens (tertiary/aromatic N) is 4. The third-order valence-corrected chi connectivity index (χ3v) is 3.16. The number of hydrogen-bond donors (Lipinski definition) is 0. The Hall–Kier alpha value is -2.15. The zero-order valence-corrected chi connectivity index (χ0v) is 10.8. The molecule has 0 aliphatic rings. The summed E-state index contributed by atoms with van der Waals surface area (Å²) in [5.41, 5.74) is -0.168. The van der Waals surface area contributed by atoms with Crippen molar-refractivity contribution in [2.45, 2.75) is 6.92 Å². The molecule has 3 rings (SSSR count). The van der Waals surface area contributed by atoms with Gasteiger partial charge in [0.25, 0.3) is 5.78 Å². The summed E-state index contributed by atoms with van der Waals surface area (Å²) in [5.74, 6) is -2.92. The second kappa shape index (κ2) is 4.45. The first-order valence-electron chi connectivity index (χ1n) is 5.50. The summed E-state index contributed by atoms with van der Waals surface area (Å²) in [7, 11) is 0. The first kappa shape index (κ1) is 12.9. The zero-order valence-electron chi connectivity index (χ0n) is 10.0. The topological polar surface area (TPSA) is 43.1 Å². The lowest BCUT2D eigenvalue weighted by molar-refractivity contribution is 0.547. The monoisotopic (exact) mass is 298 g/mol. The molecule has 0 spiro atoms. The molecule has 0 saturated heterocycles. The molecule has 0 aliphatic heterocycles. The summed E-state index contributed by atoms with van der Waals surface area (Å²) < 4.78 is 41.9. The zero-order chi connectivity index (χ0) is 14.4. The second-order valence-electron chi connectivity index (χ2n) is 4.08. The van der Waals surface area contributed by atoms with E-state index in [1.54, 1.807) is 0 Å². The summed E-state index contributed by atoms with van der Waals surface area (Å²) in [6, 6.07) is 1.17. The molecular formula is C12H6ClF3N4. The maximum atomic E-state index is 13.9. The van der Waals surface area contributed by atoms with Crippen molar-refractivity contribution in [3.8, 4) is 11.1 Å². The molecule has 4 nitrogen and oxygen atoms in total. The van der Waals surface area contributed by atoms with E-state index in [0.717, 1.165) is 4.52 Å². The third kappa shape index (κ3) is 1.82. The molecule has 0 N–H and O–H groups in total. The van der Waals surface area contributed by atoms with Crippen LogP contribution in [0.4, 0.5) is 13.2 Å². The van der Waals surface area contributed by atoms with Gasteiger partial charge in [-0.2, -0.15) is 14.6 Å². The molecule has 20 heavy (non-hydrogen) atoms. The van der Waals surface area contributed by atoms with Gasteiger partial charge in [-0.1, -0.05) is 11.6 Å². The SMILES string of the molecule is Cc1nc2ncnn2c(Cl)c1-c1c(F)cc(F)cc1F. The Balaban J connectivity index is 2.40. The van der Waals surface area contributed by atoms with E-state index in [1.165, 1.54) is 13.3 Å². The quantitative estimate of drug-likeness (QED) is 0.648. The van der Waals surface area contributed by atoms with Crippen LogP contribution < -0.4 is 0 Å². The van der Waals surface area contributed by atoms with Crippen LogP contribution in [0.3, 0.4) is 0 Å². The van der Waals surface area contributed by atoms with Gasteiger partial charge >= 0.3 is 0 Å². The predicted molar refractivity (Wildman–Crippen MR) is 65.8 cm³/mol. The van der Waals surface area contributed by atoms with Crippen LogP contribution in [0.5, 0.6) is 0 Å². The number of aryl methyl sites for hydroxylation is 1. The average Bonchev–Trinajstić information content (AvgIpc) is 2.80. The summed E-state index contributed by atoms with van der Waals surface area (Å²) >= 11 is 6.10. The molecular weight excluding hydrogens is 293 g/mol. The third-order valence-electron chi connectivity index (χ3n) is 2.81. The number of benzene rings is 1. The maximum absolute atomic E-state index is 13.9. The van der Waals surface area contributed by atoms with Crippen LogP contribution in [-0.2, 0) is 0 Å². The van der Waals surface area contributed by atoms with Crippen LogP contribution >= 0.6 is 11.6 Å². The van der Waals surface area contributed by atoms with E-state index in [-0.39, 0.29) is 22.2 Å². The minimum atomic E-state index is -1.06. The van der Waals surface area contributed by atoms with Crippen molar-refractivity contribution in [1.29, 1.82) is 0 Å². The first-order valence-corrected chi connectivity index (χ1v) is 5.87. The van der Waals surface area contributed by atoms with Crippen LogP contribution in [0.25, 0.3) is 16.9 Å². The van der Waals surface area contributed by atoms with Gasteiger partial charge in [0.1, 0.15) is 28.9 Å². The Kier molecular flexibility index (Phi) is 2.86. The first-order chi connectivity index (χ1) is 9.49. The van der Waals surface area contributed by atoms with E-state index in [9.17, 15) is 13.2 Å². The van der Waals surface area contributed by atoms with Gasteiger partial charge in [0.15, 0.2) is 0 Å². The van der Waals surface area contributed by atoms with Crippen molar-refractivity contribution in [3.05, 3.63) is 46.8 Å². The molecule has 0 saturated carbocycles. The van der Waals surface area contributed by atoms with E-state index < -0.39 is 23.0 Å². The van der Waals surface area contributed by atoms with Gasteiger partial charge in [-0.25, -0.2) is 18.2 Å². The van der Waals surface area contributed by atoms with E-state index in [2.05, 4.69) is 15.1 Å². The molecule has 0 unspecified atom stereocenters. The standard InChI is InChI=1S/C12H6ClF3N4/c1-5-9(10-7(15)2-6(14)3-8(10)16)11(13)20-12(19-5)17-4-18-20/h2-4H,1H3. The lowest BCUT2D eigenvalue weighted by Gasteiger charge is -2.11. The number of hydrogen-bond acceptors (Lipinski definition) is 3. The minimum Gasteiger partial charge on any atom is -0.216 e. The van der Waals surface area contributed by atoms with E-state index in [0.29, 0.717) is 12.1 Å². The van der Waals surface area contributed by atoms with Crippen molar-refractivity contribution in [2.75, 3.05) is 0 Å². The smallest absolute Gasteiger partial charge is 0.216 e.